The van der Waals surface area contributed by atoms with Crippen molar-refractivity contribution in [3.8, 4) is 0 Å². The topological polar surface area (TPSA) is 38.1 Å². The normalized spacial score (nSPS) is 20.5. The van der Waals surface area contributed by atoms with Crippen LogP contribution in [0.2, 0.25) is 0 Å². The van der Waals surface area contributed by atoms with Crippen LogP contribution in [0.1, 0.15) is 20.3 Å². The molecule has 0 radical (unpaired) electrons. The molecule has 1 aromatic heterocycles. The van der Waals surface area contributed by atoms with Crippen molar-refractivity contribution >= 4 is 22.9 Å². The van der Waals surface area contributed by atoms with Gasteiger partial charge in [0.05, 0.1) is 11.0 Å². The molecule has 1 aliphatic rings. The third-order valence-electron chi connectivity index (χ3n) is 4.21. The zero-order valence-electron chi connectivity index (χ0n) is 11.8. The summed E-state index contributed by atoms with van der Waals surface area (Å²) in [6, 6.07) is 7.94. The molecule has 2 aromatic rings. The van der Waals surface area contributed by atoms with E-state index in [1.165, 1.54) is 0 Å². The number of aryl methyl sites for hydroxylation is 1. The second-order valence-corrected chi connectivity index (χ2v) is 6.10. The van der Waals surface area contributed by atoms with E-state index in [1.807, 2.05) is 42.9 Å². The maximum atomic E-state index is 12.4. The number of hydrogen-bond acceptors (Lipinski definition) is 2. The summed E-state index contributed by atoms with van der Waals surface area (Å²) in [4.78, 5) is 18.7. The Labute approximate surface area is 113 Å². The highest BCUT2D eigenvalue weighted by molar-refractivity contribution is 5.96. The van der Waals surface area contributed by atoms with Gasteiger partial charge in [0, 0.05) is 20.0 Å². The molecule has 1 heterocycles. The van der Waals surface area contributed by atoms with Crippen LogP contribution in [-0.4, -0.2) is 22.5 Å². The Hall–Kier alpha value is -1.84. The highest BCUT2D eigenvalue weighted by Gasteiger charge is 2.52. The molecule has 1 aliphatic carbocycles. The number of carbonyl (C=O) groups is 1. The standard InChI is InChI=1S/C15H19N3O/c1-15(2)9-10(15)13(19)18(4)14-16-11-7-5-6-8-12(11)17(14)3/h5-8,10H,9H2,1-4H3/t10-/m1/s1. The lowest BCUT2D eigenvalue weighted by molar-refractivity contribution is -0.120. The van der Waals surface area contributed by atoms with E-state index < -0.39 is 0 Å². The van der Waals surface area contributed by atoms with Crippen molar-refractivity contribution in [3.05, 3.63) is 24.3 Å². The van der Waals surface area contributed by atoms with Crippen LogP contribution < -0.4 is 4.90 Å². The number of amides is 1. The highest BCUT2D eigenvalue weighted by atomic mass is 16.2. The molecule has 3 rings (SSSR count). The van der Waals surface area contributed by atoms with E-state index >= 15 is 0 Å². The fraction of sp³-hybridized carbons (Fsp3) is 0.467. The molecular formula is C15H19N3O. The van der Waals surface area contributed by atoms with Gasteiger partial charge >= 0.3 is 0 Å². The molecule has 1 saturated carbocycles. The van der Waals surface area contributed by atoms with Crippen molar-refractivity contribution in [3.63, 3.8) is 0 Å². The largest absolute Gasteiger partial charge is 0.313 e. The first-order valence-corrected chi connectivity index (χ1v) is 6.61. The maximum absolute atomic E-state index is 12.4. The summed E-state index contributed by atoms with van der Waals surface area (Å²) in [6.07, 6.45) is 0.972. The monoisotopic (exact) mass is 257 g/mol. The summed E-state index contributed by atoms with van der Waals surface area (Å²) in [5.74, 6) is 1.02. The molecule has 19 heavy (non-hydrogen) atoms. The number of nitrogens with zero attached hydrogens (tertiary/aromatic N) is 3. The molecule has 0 saturated heterocycles. The molecule has 100 valence electrons. The van der Waals surface area contributed by atoms with Gasteiger partial charge in [0.1, 0.15) is 0 Å². The summed E-state index contributed by atoms with van der Waals surface area (Å²) in [5.41, 5.74) is 2.12. The van der Waals surface area contributed by atoms with Crippen LogP contribution in [-0.2, 0) is 11.8 Å². The number of rotatable bonds is 2. The van der Waals surface area contributed by atoms with E-state index in [0.717, 1.165) is 17.5 Å². The summed E-state index contributed by atoms with van der Waals surface area (Å²) in [5, 5.41) is 0. The lowest BCUT2D eigenvalue weighted by Gasteiger charge is -2.17. The van der Waals surface area contributed by atoms with Crippen LogP contribution in [0, 0.1) is 11.3 Å². The number of benzene rings is 1. The number of para-hydroxylation sites is 2. The quantitative estimate of drug-likeness (QED) is 0.829. The van der Waals surface area contributed by atoms with Crippen LogP contribution in [0.3, 0.4) is 0 Å². The molecule has 4 nitrogen and oxygen atoms in total. The second-order valence-electron chi connectivity index (χ2n) is 6.10. The van der Waals surface area contributed by atoms with Crippen LogP contribution in [0.5, 0.6) is 0 Å². The van der Waals surface area contributed by atoms with Gasteiger partial charge in [-0.3, -0.25) is 9.69 Å². The Balaban J connectivity index is 1.96. The van der Waals surface area contributed by atoms with Gasteiger partial charge in [-0.1, -0.05) is 26.0 Å². The van der Waals surface area contributed by atoms with E-state index in [4.69, 9.17) is 0 Å². The van der Waals surface area contributed by atoms with Crippen molar-refractivity contribution in [2.75, 3.05) is 11.9 Å². The Kier molecular flexibility index (Phi) is 2.46. The number of aromatic nitrogens is 2. The van der Waals surface area contributed by atoms with Crippen LogP contribution in [0.4, 0.5) is 5.95 Å². The zero-order valence-corrected chi connectivity index (χ0v) is 11.8. The third-order valence-corrected chi connectivity index (χ3v) is 4.21. The van der Waals surface area contributed by atoms with Crippen LogP contribution in [0.15, 0.2) is 24.3 Å². The lowest BCUT2D eigenvalue weighted by atomic mass is 10.1. The first-order valence-electron chi connectivity index (χ1n) is 6.61. The molecular weight excluding hydrogens is 238 g/mol. The van der Waals surface area contributed by atoms with Gasteiger partial charge in [0.25, 0.3) is 0 Å². The van der Waals surface area contributed by atoms with Gasteiger partial charge in [0.2, 0.25) is 11.9 Å². The highest BCUT2D eigenvalue weighted by Crippen LogP contribution is 2.52. The molecule has 1 atom stereocenters. The Bertz CT molecular complexity index is 656. The average Bonchev–Trinajstić information content (AvgIpc) is 2.89. The summed E-state index contributed by atoms with van der Waals surface area (Å²) in [6.45, 7) is 4.27. The predicted molar refractivity (Wildman–Crippen MR) is 76.0 cm³/mol. The number of carbonyl (C=O) groups excluding carboxylic acids is 1. The second kappa shape index (κ2) is 3.83. The first kappa shape index (κ1) is 12.2. The molecule has 4 heteroatoms. The van der Waals surface area contributed by atoms with Crippen molar-refractivity contribution in [2.24, 2.45) is 18.4 Å². The Morgan fingerprint density at radius 3 is 2.63 bits per heavy atom. The van der Waals surface area contributed by atoms with Crippen molar-refractivity contribution < 1.29 is 4.79 Å². The van der Waals surface area contributed by atoms with E-state index in [2.05, 4.69) is 18.8 Å². The van der Waals surface area contributed by atoms with Gasteiger partial charge < -0.3 is 4.57 Å². The minimum atomic E-state index is 0.136. The fourth-order valence-corrected chi connectivity index (χ4v) is 2.65. The lowest BCUT2D eigenvalue weighted by Crippen LogP contribution is -2.31. The summed E-state index contributed by atoms with van der Waals surface area (Å²) in [7, 11) is 3.77. The zero-order chi connectivity index (χ0) is 13.8. The Morgan fingerprint density at radius 1 is 1.42 bits per heavy atom. The van der Waals surface area contributed by atoms with Crippen LogP contribution in [0.25, 0.3) is 11.0 Å². The average molecular weight is 257 g/mol. The molecule has 0 aliphatic heterocycles. The first-order chi connectivity index (χ1) is 8.92. The number of imidazole rings is 1. The minimum absolute atomic E-state index is 0.136. The number of anilines is 1. The van der Waals surface area contributed by atoms with E-state index in [1.54, 1.807) is 4.90 Å². The predicted octanol–water partition coefficient (Wildman–Crippen LogP) is 2.58. The summed E-state index contributed by atoms with van der Waals surface area (Å²) < 4.78 is 1.97. The van der Waals surface area contributed by atoms with Crippen LogP contribution >= 0.6 is 0 Å². The van der Waals surface area contributed by atoms with E-state index in [-0.39, 0.29) is 17.2 Å². The van der Waals surface area contributed by atoms with Crippen molar-refractivity contribution in [1.82, 2.24) is 9.55 Å². The van der Waals surface area contributed by atoms with E-state index in [9.17, 15) is 4.79 Å². The molecule has 1 amide bonds. The van der Waals surface area contributed by atoms with Gasteiger partial charge in [-0.25, -0.2) is 4.98 Å². The molecule has 0 bridgehead atoms. The molecule has 1 aromatic carbocycles. The summed E-state index contributed by atoms with van der Waals surface area (Å²) >= 11 is 0. The van der Waals surface area contributed by atoms with Gasteiger partial charge in [-0.15, -0.1) is 0 Å². The smallest absolute Gasteiger partial charge is 0.232 e. The van der Waals surface area contributed by atoms with E-state index in [0.29, 0.717) is 5.95 Å². The molecule has 0 unspecified atom stereocenters. The SMILES string of the molecule is CN(C(=O)[C@H]1CC1(C)C)c1nc2ccccc2n1C. The molecule has 0 N–H and O–H groups in total. The number of fused-ring (bicyclic) bond motifs is 1. The van der Waals surface area contributed by atoms with Gasteiger partial charge in [-0.05, 0) is 24.0 Å². The third kappa shape index (κ3) is 1.82. The maximum Gasteiger partial charge on any atom is 0.232 e. The van der Waals surface area contributed by atoms with Crippen molar-refractivity contribution in [2.45, 2.75) is 20.3 Å². The van der Waals surface area contributed by atoms with Gasteiger partial charge in [-0.2, -0.15) is 0 Å². The van der Waals surface area contributed by atoms with Crippen molar-refractivity contribution in [1.29, 1.82) is 0 Å². The minimum Gasteiger partial charge on any atom is -0.313 e. The molecule has 0 spiro atoms. The molecule has 1 fully saturated rings. The Morgan fingerprint density at radius 2 is 2.05 bits per heavy atom. The fourth-order valence-electron chi connectivity index (χ4n) is 2.65. The van der Waals surface area contributed by atoms with Gasteiger partial charge in [0.15, 0.2) is 0 Å². The number of hydrogen-bond donors (Lipinski definition) is 0.